The largest absolute Gasteiger partial charge is 0.483 e. The van der Waals surface area contributed by atoms with E-state index in [1.807, 2.05) is 17.5 Å². The van der Waals surface area contributed by atoms with Crippen molar-refractivity contribution in [1.82, 2.24) is 5.32 Å². The van der Waals surface area contributed by atoms with Gasteiger partial charge >= 0.3 is 0 Å². The molecule has 0 aliphatic heterocycles. The predicted octanol–water partition coefficient (Wildman–Crippen LogP) is 5.03. The van der Waals surface area contributed by atoms with E-state index in [9.17, 15) is 14.0 Å². The third-order valence-corrected chi connectivity index (χ3v) is 5.19. The molecule has 2 aromatic carbocycles. The van der Waals surface area contributed by atoms with Crippen molar-refractivity contribution in [3.63, 3.8) is 0 Å². The van der Waals surface area contributed by atoms with E-state index >= 15 is 0 Å². The van der Waals surface area contributed by atoms with E-state index in [-0.39, 0.29) is 24.1 Å². The summed E-state index contributed by atoms with van der Waals surface area (Å²) in [5.74, 6) is -0.628. The molecule has 0 spiro atoms. The van der Waals surface area contributed by atoms with Crippen LogP contribution < -0.4 is 10.1 Å². The molecule has 1 amide bonds. The maximum Gasteiger partial charge on any atom is 0.258 e. The maximum absolute atomic E-state index is 13.3. The Balaban J connectivity index is 1.73. The molecule has 1 aromatic heterocycles. The molecule has 4 nitrogen and oxygen atoms in total. The van der Waals surface area contributed by atoms with E-state index in [2.05, 4.69) is 5.32 Å². The number of hydrogen-bond acceptors (Lipinski definition) is 4. The zero-order valence-corrected chi connectivity index (χ0v) is 16.5. The van der Waals surface area contributed by atoms with Crippen molar-refractivity contribution in [3.8, 4) is 5.75 Å². The molecule has 3 rings (SSSR count). The second kappa shape index (κ2) is 8.99. The quantitative estimate of drug-likeness (QED) is 0.548. The minimum atomic E-state index is -0.422. The van der Waals surface area contributed by atoms with Gasteiger partial charge in [0, 0.05) is 9.90 Å². The number of carbonyl (C=O) groups excluding carboxylic acids is 2. The average Bonchev–Trinajstić information content (AvgIpc) is 3.20. The number of Topliss-reactive ketones (excluding diaryl/α,β-unsaturated/α-hetero) is 1. The van der Waals surface area contributed by atoms with Crippen LogP contribution in [0.3, 0.4) is 0 Å². The van der Waals surface area contributed by atoms with Gasteiger partial charge < -0.3 is 10.1 Å². The summed E-state index contributed by atoms with van der Waals surface area (Å²) >= 11 is 7.40. The van der Waals surface area contributed by atoms with Gasteiger partial charge in [0.2, 0.25) is 0 Å². The summed E-state index contributed by atoms with van der Waals surface area (Å²) in [5.41, 5.74) is 1.07. The summed E-state index contributed by atoms with van der Waals surface area (Å²) in [6.45, 7) is 1.13. The molecule has 144 valence electrons. The number of nitrogens with one attached hydrogen (secondary N) is 1. The van der Waals surface area contributed by atoms with Gasteiger partial charge in [-0.25, -0.2) is 4.39 Å². The Kier molecular flexibility index (Phi) is 6.44. The van der Waals surface area contributed by atoms with E-state index in [1.165, 1.54) is 36.5 Å². The van der Waals surface area contributed by atoms with Crippen LogP contribution in [0.4, 0.5) is 4.39 Å². The van der Waals surface area contributed by atoms with Gasteiger partial charge in [-0.2, -0.15) is 0 Å². The van der Waals surface area contributed by atoms with Crippen LogP contribution in [-0.2, 0) is 4.79 Å². The predicted molar refractivity (Wildman–Crippen MR) is 108 cm³/mol. The molecule has 1 heterocycles. The van der Waals surface area contributed by atoms with Crippen LogP contribution in [-0.4, -0.2) is 18.3 Å². The summed E-state index contributed by atoms with van der Waals surface area (Å²) in [5, 5.41) is 5.22. The van der Waals surface area contributed by atoms with Crippen LogP contribution >= 0.6 is 22.9 Å². The number of rotatable bonds is 7. The van der Waals surface area contributed by atoms with Gasteiger partial charge in [-0.1, -0.05) is 29.8 Å². The molecule has 1 unspecified atom stereocenters. The van der Waals surface area contributed by atoms with E-state index in [1.54, 1.807) is 24.3 Å². The molecule has 1 atom stereocenters. The van der Waals surface area contributed by atoms with E-state index in [0.717, 1.165) is 10.4 Å². The highest BCUT2D eigenvalue weighted by molar-refractivity contribution is 7.10. The first-order chi connectivity index (χ1) is 13.4. The first-order valence-corrected chi connectivity index (χ1v) is 9.71. The monoisotopic (exact) mass is 417 g/mol. The fourth-order valence-corrected chi connectivity index (χ4v) is 3.65. The molecule has 0 saturated heterocycles. The van der Waals surface area contributed by atoms with Crippen molar-refractivity contribution in [2.45, 2.75) is 13.0 Å². The highest BCUT2D eigenvalue weighted by Crippen LogP contribution is 2.27. The summed E-state index contributed by atoms with van der Waals surface area (Å²) in [4.78, 5) is 25.1. The Bertz CT molecular complexity index is 974. The third kappa shape index (κ3) is 4.97. The fourth-order valence-electron chi connectivity index (χ4n) is 2.68. The molecule has 0 saturated carbocycles. The normalized spacial score (nSPS) is 11.7. The van der Waals surface area contributed by atoms with Gasteiger partial charge in [0.15, 0.2) is 12.4 Å². The number of benzene rings is 2. The molecular weight excluding hydrogens is 401 g/mol. The molecule has 0 radical (unpaired) electrons. The third-order valence-electron chi connectivity index (χ3n) is 4.02. The van der Waals surface area contributed by atoms with Gasteiger partial charge in [0.25, 0.3) is 5.91 Å². The van der Waals surface area contributed by atoms with Crippen LogP contribution in [0, 0.1) is 5.82 Å². The molecular formula is C21H17ClFNO3S. The van der Waals surface area contributed by atoms with Gasteiger partial charge in [-0.05, 0) is 54.3 Å². The van der Waals surface area contributed by atoms with Crippen molar-refractivity contribution in [1.29, 1.82) is 0 Å². The molecule has 0 aliphatic rings. The first kappa shape index (κ1) is 20.0. The molecule has 1 N–H and O–H groups in total. The number of thiophene rings is 1. The topological polar surface area (TPSA) is 55.4 Å². The Morgan fingerprint density at radius 1 is 1.18 bits per heavy atom. The fraction of sp³-hybridized carbons (Fsp3) is 0.143. The number of hydrogen-bond donors (Lipinski definition) is 1. The highest BCUT2D eigenvalue weighted by Gasteiger charge is 2.19. The van der Waals surface area contributed by atoms with Crippen molar-refractivity contribution < 1.29 is 18.7 Å². The average molecular weight is 418 g/mol. The Labute approximate surface area is 170 Å². The minimum absolute atomic E-state index is 0.208. The van der Waals surface area contributed by atoms with Gasteiger partial charge in [0.05, 0.1) is 11.6 Å². The lowest BCUT2D eigenvalue weighted by molar-refractivity contribution is -0.123. The Morgan fingerprint density at radius 3 is 2.57 bits per heavy atom. The summed E-state index contributed by atoms with van der Waals surface area (Å²) in [6, 6.07) is 14.0. The van der Waals surface area contributed by atoms with Gasteiger partial charge in [0.1, 0.15) is 11.6 Å². The van der Waals surface area contributed by atoms with Crippen molar-refractivity contribution in [2.75, 3.05) is 6.61 Å². The van der Waals surface area contributed by atoms with Crippen molar-refractivity contribution in [2.24, 2.45) is 0 Å². The SMILES string of the molecule is CC(=O)c1cc(Cl)ccc1OCC(=O)NC(c1ccc(F)cc1)c1cccs1. The number of carbonyl (C=O) groups is 2. The van der Waals surface area contributed by atoms with Crippen LogP contribution in [0.5, 0.6) is 5.75 Å². The Hall–Kier alpha value is -2.70. The van der Waals surface area contributed by atoms with Crippen LogP contribution in [0.2, 0.25) is 5.02 Å². The molecule has 0 fully saturated rings. The standard InChI is InChI=1S/C21H17ClFNO3S/c1-13(25)17-11-15(22)6-9-18(17)27-12-20(26)24-21(19-3-2-10-28-19)14-4-7-16(23)8-5-14/h2-11,21H,12H2,1H3,(H,24,26). The van der Waals surface area contributed by atoms with Crippen LogP contribution in [0.25, 0.3) is 0 Å². The van der Waals surface area contributed by atoms with Crippen molar-refractivity contribution in [3.05, 3.63) is 86.8 Å². The summed E-state index contributed by atoms with van der Waals surface area (Å²) < 4.78 is 18.8. The molecule has 3 aromatic rings. The maximum atomic E-state index is 13.3. The Morgan fingerprint density at radius 2 is 1.93 bits per heavy atom. The van der Waals surface area contributed by atoms with E-state index in [4.69, 9.17) is 16.3 Å². The lowest BCUT2D eigenvalue weighted by Gasteiger charge is -2.18. The molecule has 0 aliphatic carbocycles. The number of halogens is 2. The van der Waals surface area contributed by atoms with Crippen molar-refractivity contribution >= 4 is 34.6 Å². The number of ether oxygens (including phenoxy) is 1. The molecule has 7 heteroatoms. The zero-order chi connectivity index (χ0) is 20.1. The summed E-state index contributed by atoms with van der Waals surface area (Å²) in [7, 11) is 0. The van der Waals surface area contributed by atoms with Crippen LogP contribution in [0.15, 0.2) is 60.0 Å². The number of ketones is 1. The lowest BCUT2D eigenvalue weighted by Crippen LogP contribution is -2.33. The summed E-state index contributed by atoms with van der Waals surface area (Å²) in [6.07, 6.45) is 0. The van der Waals surface area contributed by atoms with Gasteiger partial charge in [-0.3, -0.25) is 9.59 Å². The second-order valence-corrected chi connectivity index (χ2v) is 7.47. The van der Waals surface area contributed by atoms with E-state index < -0.39 is 6.04 Å². The lowest BCUT2D eigenvalue weighted by atomic mass is 10.1. The smallest absolute Gasteiger partial charge is 0.258 e. The second-order valence-electron chi connectivity index (χ2n) is 6.05. The minimum Gasteiger partial charge on any atom is -0.483 e. The zero-order valence-electron chi connectivity index (χ0n) is 14.9. The van der Waals surface area contributed by atoms with E-state index in [0.29, 0.717) is 16.3 Å². The van der Waals surface area contributed by atoms with Crippen LogP contribution in [0.1, 0.15) is 33.8 Å². The molecule has 0 bridgehead atoms. The first-order valence-electron chi connectivity index (χ1n) is 8.45. The highest BCUT2D eigenvalue weighted by atomic mass is 35.5. The van der Waals surface area contributed by atoms with Gasteiger partial charge in [-0.15, -0.1) is 11.3 Å². The number of amides is 1. The molecule has 28 heavy (non-hydrogen) atoms.